The van der Waals surface area contributed by atoms with Gasteiger partial charge >= 0.3 is 0 Å². The first-order valence-corrected chi connectivity index (χ1v) is 0. The van der Waals surface area contributed by atoms with Crippen molar-refractivity contribution in [2.24, 2.45) is 0 Å². The maximum Gasteiger partial charge on any atom is 0 e. The average Bonchev–Trinajstić information content (AvgIpc) is 0. The van der Waals surface area contributed by atoms with E-state index in [4.69, 9.17) is 0 Å². The zero-order chi connectivity index (χ0) is 0. The van der Waals surface area contributed by atoms with Gasteiger partial charge in [0.2, 0.25) is 0 Å². The van der Waals surface area contributed by atoms with E-state index in [0.29, 0.717) is 0 Å². The van der Waals surface area contributed by atoms with E-state index >= 15 is 0 Å². The Kier molecular flexibility index (Phi) is 139. The van der Waals surface area contributed by atoms with Crippen molar-refractivity contribution >= 4 is 23.1 Å². The molecular weight excluding hydrogens is 254 g/mol. The topological polar surface area (TPSA) is 0 Å². The minimum Gasteiger partial charge on any atom is 0 e. The molecule has 0 aromatic carbocycles. The van der Waals surface area contributed by atoms with Crippen molar-refractivity contribution in [3.8, 4) is 0 Å². The summed E-state index contributed by atoms with van der Waals surface area (Å²) < 4.78 is 0. The van der Waals surface area contributed by atoms with E-state index in [2.05, 4.69) is 0 Å². The standard InChI is InChI=1S/Ag.Cu.Mg.Ni. The molecule has 4 heteroatoms. The normalized spacial score (nSPS) is 0. The zero-order valence-corrected chi connectivity index (χ0v) is 6.45. The summed E-state index contributed by atoms with van der Waals surface area (Å²) in [7, 11) is 0. The first-order valence-electron chi connectivity index (χ1n) is 0. The minimum absolute atomic E-state index is 0. The molecule has 0 saturated heterocycles. The molecule has 0 saturated carbocycles. The minimum atomic E-state index is 0. The van der Waals surface area contributed by atoms with Crippen LogP contribution >= 0.6 is 0 Å². The largest absolute Gasteiger partial charge is 0 e. The van der Waals surface area contributed by atoms with Crippen LogP contribution in [0, 0.1) is 0 Å². The van der Waals surface area contributed by atoms with Gasteiger partial charge in [-0.1, -0.05) is 0 Å². The molecule has 4 radical (unpaired) electrons. The summed E-state index contributed by atoms with van der Waals surface area (Å²) in [6, 6.07) is 0. The van der Waals surface area contributed by atoms with E-state index in [-0.39, 0.29) is 79.0 Å². The van der Waals surface area contributed by atoms with Crippen molar-refractivity contribution in [2.75, 3.05) is 0 Å². The number of rotatable bonds is 0. The van der Waals surface area contributed by atoms with Gasteiger partial charge in [-0.15, -0.1) is 0 Å². The predicted molar refractivity (Wildman–Crippen MR) is 5.75 cm³/mol. The SMILES string of the molecule is [Ag].[Cu].[Mg].[Ni]. The molecule has 0 atom stereocenters. The van der Waals surface area contributed by atoms with Crippen LogP contribution in [0.25, 0.3) is 0 Å². The van der Waals surface area contributed by atoms with E-state index in [1.165, 1.54) is 0 Å². The molecule has 34 valence electrons. The van der Waals surface area contributed by atoms with Gasteiger partial charge in [0.15, 0.2) is 0 Å². The number of hydrogen-bond donors (Lipinski definition) is 0. The van der Waals surface area contributed by atoms with Crippen LogP contribution in [0.2, 0.25) is 0 Å². The fraction of sp³-hybridized carbons (Fsp3) is 0. The second kappa shape index (κ2) is 17.8. The summed E-state index contributed by atoms with van der Waals surface area (Å²) in [5.74, 6) is 0. The summed E-state index contributed by atoms with van der Waals surface area (Å²) in [6.45, 7) is 0. The molecule has 0 aliphatic rings. The molecule has 0 rings (SSSR count). The summed E-state index contributed by atoms with van der Waals surface area (Å²) in [4.78, 5) is 0. The molecule has 0 fully saturated rings. The van der Waals surface area contributed by atoms with Crippen LogP contribution < -0.4 is 0 Å². The molecule has 0 aromatic heterocycles. The van der Waals surface area contributed by atoms with Crippen LogP contribution in [0.3, 0.4) is 0 Å². The fourth-order valence-electron chi connectivity index (χ4n) is 0. The predicted octanol–water partition coefficient (Wildman–Crippen LogP) is -0.388. The molecule has 0 N–H and O–H groups in total. The van der Waals surface area contributed by atoms with Crippen molar-refractivity contribution < 1.29 is 55.9 Å². The summed E-state index contributed by atoms with van der Waals surface area (Å²) >= 11 is 0. The molecular formula is AgCuMgNi. The van der Waals surface area contributed by atoms with E-state index in [1.807, 2.05) is 0 Å². The molecule has 0 unspecified atom stereocenters. The van der Waals surface area contributed by atoms with Gasteiger partial charge in [-0.2, -0.15) is 0 Å². The van der Waals surface area contributed by atoms with Gasteiger partial charge in [0, 0.05) is 79.0 Å². The monoisotopic (exact) mass is 252 g/mol. The van der Waals surface area contributed by atoms with Crippen LogP contribution in [0.1, 0.15) is 0 Å². The van der Waals surface area contributed by atoms with Crippen molar-refractivity contribution in [2.45, 2.75) is 0 Å². The maximum absolute atomic E-state index is 0. The Balaban J connectivity index is 0. The first-order chi connectivity index (χ1) is 0. The zero-order valence-electron chi connectivity index (χ0n) is 1.63. The Labute approximate surface area is 77.9 Å². The van der Waals surface area contributed by atoms with Crippen molar-refractivity contribution in [1.82, 2.24) is 0 Å². The second-order valence-electron chi connectivity index (χ2n) is 0. The fourth-order valence-corrected chi connectivity index (χ4v) is 0. The second-order valence-corrected chi connectivity index (χ2v) is 0. The van der Waals surface area contributed by atoms with Gasteiger partial charge in [0.25, 0.3) is 0 Å². The molecule has 0 nitrogen and oxygen atoms in total. The average molecular weight is 254 g/mol. The van der Waals surface area contributed by atoms with Crippen LogP contribution in [0.15, 0.2) is 0 Å². The van der Waals surface area contributed by atoms with E-state index in [1.54, 1.807) is 0 Å². The van der Waals surface area contributed by atoms with E-state index in [0.717, 1.165) is 0 Å². The smallest absolute Gasteiger partial charge is 0 e. The molecule has 0 amide bonds. The van der Waals surface area contributed by atoms with Gasteiger partial charge in [-0.05, 0) is 0 Å². The molecule has 0 heterocycles. The van der Waals surface area contributed by atoms with Gasteiger partial charge < -0.3 is 0 Å². The van der Waals surface area contributed by atoms with Gasteiger partial charge in [0.05, 0.1) is 0 Å². The number of hydrogen-bond acceptors (Lipinski definition) is 0. The Bertz CT molecular complexity index is 8.00. The van der Waals surface area contributed by atoms with Gasteiger partial charge in [-0.25, -0.2) is 0 Å². The van der Waals surface area contributed by atoms with Gasteiger partial charge in [-0.3, -0.25) is 0 Å². The summed E-state index contributed by atoms with van der Waals surface area (Å²) in [6.07, 6.45) is 0. The molecule has 0 aliphatic heterocycles. The Morgan fingerprint density at radius 2 is 1.00 bits per heavy atom. The van der Waals surface area contributed by atoms with Gasteiger partial charge in [0.1, 0.15) is 0 Å². The quantitative estimate of drug-likeness (QED) is 0.517. The molecule has 0 bridgehead atoms. The van der Waals surface area contributed by atoms with E-state index < -0.39 is 0 Å². The Morgan fingerprint density at radius 3 is 1.00 bits per heavy atom. The first kappa shape index (κ1) is 31.3. The summed E-state index contributed by atoms with van der Waals surface area (Å²) in [5, 5.41) is 0. The molecule has 0 aliphatic carbocycles. The Morgan fingerprint density at radius 1 is 1.00 bits per heavy atom. The van der Waals surface area contributed by atoms with Crippen LogP contribution in [-0.2, 0) is 55.9 Å². The summed E-state index contributed by atoms with van der Waals surface area (Å²) in [5.41, 5.74) is 0. The molecule has 0 aromatic rings. The third kappa shape index (κ3) is 8.82. The third-order valence-electron chi connectivity index (χ3n) is 0. The van der Waals surface area contributed by atoms with E-state index in [9.17, 15) is 0 Å². The van der Waals surface area contributed by atoms with Crippen molar-refractivity contribution in [3.63, 3.8) is 0 Å². The maximum atomic E-state index is 0. The van der Waals surface area contributed by atoms with Crippen molar-refractivity contribution in [1.29, 1.82) is 0 Å². The van der Waals surface area contributed by atoms with Crippen LogP contribution in [0.4, 0.5) is 0 Å². The van der Waals surface area contributed by atoms with Crippen LogP contribution in [0.5, 0.6) is 0 Å². The van der Waals surface area contributed by atoms with Crippen molar-refractivity contribution in [3.05, 3.63) is 0 Å². The Hall–Kier alpha value is 2.52. The molecule has 0 spiro atoms. The molecule has 4 heavy (non-hydrogen) atoms. The van der Waals surface area contributed by atoms with Crippen LogP contribution in [-0.4, -0.2) is 23.1 Å². The third-order valence-corrected chi connectivity index (χ3v) is 0.